The quantitative estimate of drug-likeness (QED) is 0.249. The highest BCUT2D eigenvalue weighted by molar-refractivity contribution is 8.76. The summed E-state index contributed by atoms with van der Waals surface area (Å²) < 4.78 is 21.7. The van der Waals surface area contributed by atoms with Crippen LogP contribution in [0.15, 0.2) is 0 Å². The van der Waals surface area contributed by atoms with Crippen molar-refractivity contribution in [2.45, 2.75) is 57.8 Å². The van der Waals surface area contributed by atoms with Gasteiger partial charge in [0.25, 0.3) is 0 Å². The maximum atomic E-state index is 11.8. The van der Waals surface area contributed by atoms with Crippen LogP contribution in [0.2, 0.25) is 0 Å². The molecule has 8 nitrogen and oxygen atoms in total. The summed E-state index contributed by atoms with van der Waals surface area (Å²) in [6, 6.07) is 0. The Bertz CT molecular complexity index is 501. The molecule has 0 aliphatic carbocycles. The Balaban J connectivity index is 3.47. The number of hydrogen-bond acceptors (Lipinski definition) is 8. The Labute approximate surface area is 196 Å². The van der Waals surface area contributed by atoms with Crippen molar-refractivity contribution in [2.75, 3.05) is 66.0 Å². The van der Waals surface area contributed by atoms with E-state index in [1.165, 1.54) is 4.90 Å². The molecule has 0 aromatic heterocycles. The fourth-order valence-corrected chi connectivity index (χ4v) is 4.45. The molecule has 0 aromatic rings. The highest BCUT2D eigenvalue weighted by Gasteiger charge is 2.20. The minimum Gasteiger partial charge on any atom is -0.444 e. The molecule has 0 heterocycles. The van der Waals surface area contributed by atoms with E-state index in [2.05, 4.69) is 25.4 Å². The standard InChI is InChI=1S/C21H42N2O6S2/c1-20(2,3)29-19(25)23(6)11-13-27-15-17-28-16-14-26-12-10-22-18(24)8-9-21(4,5)31-30-7/h8-17H2,1-7H3,(H,22,24). The highest BCUT2D eigenvalue weighted by Crippen LogP contribution is 2.36. The van der Waals surface area contributed by atoms with Crippen LogP contribution in [0.5, 0.6) is 0 Å². The maximum absolute atomic E-state index is 11.8. The van der Waals surface area contributed by atoms with Crippen molar-refractivity contribution in [3.05, 3.63) is 0 Å². The second kappa shape index (κ2) is 16.9. The van der Waals surface area contributed by atoms with Crippen LogP contribution >= 0.6 is 21.6 Å². The van der Waals surface area contributed by atoms with Gasteiger partial charge >= 0.3 is 6.09 Å². The second-order valence-electron chi connectivity index (χ2n) is 8.60. The molecule has 0 atom stereocenters. The number of carbonyl (C=O) groups is 2. The van der Waals surface area contributed by atoms with E-state index in [0.717, 1.165) is 6.42 Å². The number of nitrogens with zero attached hydrogens (tertiary/aromatic N) is 1. The molecule has 0 aliphatic heterocycles. The molecule has 0 saturated carbocycles. The van der Waals surface area contributed by atoms with Gasteiger partial charge in [0.05, 0.1) is 39.6 Å². The third-order valence-electron chi connectivity index (χ3n) is 3.85. The molecule has 0 unspecified atom stereocenters. The van der Waals surface area contributed by atoms with Gasteiger partial charge in [-0.2, -0.15) is 0 Å². The summed E-state index contributed by atoms with van der Waals surface area (Å²) in [6.07, 6.45) is 3.06. The average molecular weight is 483 g/mol. The zero-order chi connectivity index (χ0) is 23.8. The first-order valence-corrected chi connectivity index (χ1v) is 13.2. The summed E-state index contributed by atoms with van der Waals surface area (Å²) in [5.74, 6) is 0.0593. The van der Waals surface area contributed by atoms with Crippen molar-refractivity contribution in [3.63, 3.8) is 0 Å². The second-order valence-corrected chi connectivity index (χ2v) is 11.7. The van der Waals surface area contributed by atoms with E-state index in [-0.39, 0.29) is 16.7 Å². The fraction of sp³-hybridized carbons (Fsp3) is 0.905. The lowest BCUT2D eigenvalue weighted by Gasteiger charge is -2.24. The molecule has 184 valence electrons. The van der Waals surface area contributed by atoms with Crippen LogP contribution in [-0.2, 0) is 23.7 Å². The van der Waals surface area contributed by atoms with E-state index >= 15 is 0 Å². The summed E-state index contributed by atoms with van der Waals surface area (Å²) >= 11 is 0. The molecule has 0 aromatic carbocycles. The van der Waals surface area contributed by atoms with Crippen LogP contribution in [-0.4, -0.2) is 93.3 Å². The molecular weight excluding hydrogens is 440 g/mol. The van der Waals surface area contributed by atoms with E-state index in [1.807, 2.05) is 20.8 Å². The van der Waals surface area contributed by atoms with Crippen molar-refractivity contribution in [2.24, 2.45) is 0 Å². The van der Waals surface area contributed by atoms with Gasteiger partial charge in [-0.1, -0.05) is 21.6 Å². The van der Waals surface area contributed by atoms with Gasteiger partial charge in [0.15, 0.2) is 0 Å². The first kappa shape index (κ1) is 30.3. The molecule has 0 radical (unpaired) electrons. The lowest BCUT2D eigenvalue weighted by molar-refractivity contribution is -0.121. The van der Waals surface area contributed by atoms with Crippen molar-refractivity contribution in [1.29, 1.82) is 0 Å². The third kappa shape index (κ3) is 19.7. The fourth-order valence-electron chi connectivity index (χ4n) is 2.21. The monoisotopic (exact) mass is 482 g/mol. The van der Waals surface area contributed by atoms with Crippen molar-refractivity contribution >= 4 is 33.6 Å². The number of likely N-dealkylation sites (N-methyl/N-ethyl adjacent to an activating group) is 1. The smallest absolute Gasteiger partial charge is 0.410 e. The first-order valence-electron chi connectivity index (χ1n) is 10.6. The summed E-state index contributed by atoms with van der Waals surface area (Å²) in [7, 11) is 5.20. The van der Waals surface area contributed by atoms with Gasteiger partial charge in [-0.05, 0) is 47.3 Å². The molecule has 0 bridgehead atoms. The number of nitrogens with one attached hydrogen (secondary N) is 1. The Morgan fingerprint density at radius 1 is 0.903 bits per heavy atom. The average Bonchev–Trinajstić information content (AvgIpc) is 2.65. The Morgan fingerprint density at radius 2 is 1.45 bits per heavy atom. The molecule has 1 N–H and O–H groups in total. The maximum Gasteiger partial charge on any atom is 0.410 e. The van der Waals surface area contributed by atoms with E-state index in [4.69, 9.17) is 18.9 Å². The molecule has 0 rings (SSSR count). The number of rotatable bonds is 17. The van der Waals surface area contributed by atoms with Gasteiger partial charge < -0.3 is 29.2 Å². The number of hydrogen-bond donors (Lipinski definition) is 1. The molecule has 0 spiro atoms. The predicted molar refractivity (Wildman–Crippen MR) is 129 cm³/mol. The van der Waals surface area contributed by atoms with E-state index in [9.17, 15) is 9.59 Å². The summed E-state index contributed by atoms with van der Waals surface area (Å²) in [5.41, 5.74) is -0.502. The Kier molecular flexibility index (Phi) is 16.5. The van der Waals surface area contributed by atoms with Crippen LogP contribution in [0.1, 0.15) is 47.5 Å². The van der Waals surface area contributed by atoms with Crippen molar-refractivity contribution in [1.82, 2.24) is 10.2 Å². The van der Waals surface area contributed by atoms with Crippen LogP contribution in [0, 0.1) is 0 Å². The molecule has 0 aliphatic rings. The van der Waals surface area contributed by atoms with Crippen LogP contribution in [0.4, 0.5) is 4.79 Å². The van der Waals surface area contributed by atoms with E-state index in [0.29, 0.717) is 59.2 Å². The largest absolute Gasteiger partial charge is 0.444 e. The van der Waals surface area contributed by atoms with Gasteiger partial charge in [-0.25, -0.2) is 4.79 Å². The molecule has 31 heavy (non-hydrogen) atoms. The van der Waals surface area contributed by atoms with Gasteiger partial charge in [0, 0.05) is 31.3 Å². The van der Waals surface area contributed by atoms with Crippen LogP contribution < -0.4 is 5.32 Å². The third-order valence-corrected chi connectivity index (χ3v) is 6.53. The van der Waals surface area contributed by atoms with Crippen LogP contribution in [0.3, 0.4) is 0 Å². The van der Waals surface area contributed by atoms with Crippen molar-refractivity contribution < 1.29 is 28.5 Å². The van der Waals surface area contributed by atoms with E-state index < -0.39 is 5.60 Å². The van der Waals surface area contributed by atoms with Gasteiger partial charge in [-0.15, -0.1) is 0 Å². The van der Waals surface area contributed by atoms with E-state index in [1.54, 1.807) is 28.6 Å². The molecule has 0 fully saturated rings. The predicted octanol–water partition coefficient (Wildman–Crippen LogP) is 3.59. The van der Waals surface area contributed by atoms with Gasteiger partial charge in [0.2, 0.25) is 5.91 Å². The Morgan fingerprint density at radius 3 is 2.00 bits per heavy atom. The molecule has 0 saturated heterocycles. The zero-order valence-electron chi connectivity index (χ0n) is 20.3. The SMILES string of the molecule is CSSC(C)(C)CCC(=O)NCCOCCOCCOCCN(C)C(=O)OC(C)(C)C. The first-order chi connectivity index (χ1) is 14.5. The Hall–Kier alpha value is -0.680. The molecule has 2 amide bonds. The van der Waals surface area contributed by atoms with Crippen LogP contribution in [0.25, 0.3) is 0 Å². The minimum absolute atomic E-state index is 0.0593. The summed E-state index contributed by atoms with van der Waals surface area (Å²) in [4.78, 5) is 25.1. The normalized spacial score (nSPS) is 12.0. The minimum atomic E-state index is -0.502. The lowest BCUT2D eigenvalue weighted by atomic mass is 10.1. The van der Waals surface area contributed by atoms with Gasteiger partial charge in [0.1, 0.15) is 5.60 Å². The molecule has 10 heteroatoms. The topological polar surface area (TPSA) is 86.3 Å². The lowest BCUT2D eigenvalue weighted by Crippen LogP contribution is -2.36. The number of ether oxygens (including phenoxy) is 4. The summed E-state index contributed by atoms with van der Waals surface area (Å²) in [5, 5.41) is 2.87. The zero-order valence-corrected chi connectivity index (χ0v) is 21.9. The van der Waals surface area contributed by atoms with Crippen molar-refractivity contribution in [3.8, 4) is 0 Å². The molecular formula is C21H42N2O6S2. The van der Waals surface area contributed by atoms with Gasteiger partial charge in [-0.3, -0.25) is 4.79 Å². The number of carbonyl (C=O) groups excluding carboxylic acids is 2. The summed E-state index contributed by atoms with van der Waals surface area (Å²) in [6.45, 7) is 13.5. The number of amides is 2. The highest BCUT2D eigenvalue weighted by atomic mass is 33.1.